The van der Waals surface area contributed by atoms with Crippen LogP contribution in [0.3, 0.4) is 0 Å². The molecule has 6 heteroatoms. The van der Waals surface area contributed by atoms with Crippen LogP contribution in [0.4, 0.5) is 0 Å². The van der Waals surface area contributed by atoms with Gasteiger partial charge in [-0.25, -0.2) is 4.98 Å². The first-order chi connectivity index (χ1) is 11.2. The number of nitrogens with zero attached hydrogens (tertiary/aromatic N) is 4. The SMILES string of the molecule is NC(=O)c1cc2c(cn1)ncc1cnn(Cc3ccccc3)c12. The third kappa shape index (κ3) is 2.30. The van der Waals surface area contributed by atoms with Crippen molar-refractivity contribution in [1.82, 2.24) is 19.7 Å². The number of pyridine rings is 2. The summed E-state index contributed by atoms with van der Waals surface area (Å²) >= 11 is 0. The largest absolute Gasteiger partial charge is 0.364 e. The van der Waals surface area contributed by atoms with E-state index < -0.39 is 5.91 Å². The van der Waals surface area contributed by atoms with Crippen molar-refractivity contribution in [1.29, 1.82) is 0 Å². The predicted molar refractivity (Wildman–Crippen MR) is 86.9 cm³/mol. The van der Waals surface area contributed by atoms with Gasteiger partial charge in [0.05, 0.1) is 30.0 Å². The fraction of sp³-hybridized carbons (Fsp3) is 0.0588. The van der Waals surface area contributed by atoms with E-state index in [0.717, 1.165) is 21.9 Å². The molecule has 3 aromatic heterocycles. The van der Waals surface area contributed by atoms with Crippen LogP contribution >= 0.6 is 0 Å². The molecule has 0 spiro atoms. The summed E-state index contributed by atoms with van der Waals surface area (Å²) in [6.45, 7) is 0.637. The van der Waals surface area contributed by atoms with Gasteiger partial charge in [-0.15, -0.1) is 0 Å². The van der Waals surface area contributed by atoms with Gasteiger partial charge in [0, 0.05) is 17.0 Å². The Balaban J connectivity index is 1.94. The van der Waals surface area contributed by atoms with E-state index in [1.54, 1.807) is 24.7 Å². The normalized spacial score (nSPS) is 11.1. The van der Waals surface area contributed by atoms with Crippen molar-refractivity contribution in [2.24, 2.45) is 5.73 Å². The molecule has 0 fully saturated rings. The highest BCUT2D eigenvalue weighted by Crippen LogP contribution is 2.24. The summed E-state index contributed by atoms with van der Waals surface area (Å²) in [4.78, 5) is 19.8. The molecule has 1 amide bonds. The Kier molecular flexibility index (Phi) is 3.01. The van der Waals surface area contributed by atoms with Crippen LogP contribution in [0.2, 0.25) is 0 Å². The topological polar surface area (TPSA) is 86.7 Å². The lowest BCUT2D eigenvalue weighted by Gasteiger charge is -2.07. The maximum absolute atomic E-state index is 11.4. The molecule has 0 aliphatic carbocycles. The lowest BCUT2D eigenvalue weighted by Crippen LogP contribution is -2.13. The number of carbonyl (C=O) groups is 1. The number of carbonyl (C=O) groups excluding carboxylic acids is 1. The van der Waals surface area contributed by atoms with Gasteiger partial charge in [-0.2, -0.15) is 5.10 Å². The summed E-state index contributed by atoms with van der Waals surface area (Å²) in [6.07, 6.45) is 5.10. The van der Waals surface area contributed by atoms with E-state index in [1.165, 1.54) is 0 Å². The molecule has 1 aromatic carbocycles. The third-order valence-electron chi connectivity index (χ3n) is 3.78. The molecule has 4 rings (SSSR count). The number of amides is 1. The number of rotatable bonds is 3. The fourth-order valence-electron chi connectivity index (χ4n) is 2.68. The zero-order valence-corrected chi connectivity index (χ0v) is 12.2. The van der Waals surface area contributed by atoms with E-state index in [-0.39, 0.29) is 5.69 Å². The van der Waals surface area contributed by atoms with Gasteiger partial charge in [-0.05, 0) is 11.6 Å². The number of hydrogen-bond donors (Lipinski definition) is 1. The van der Waals surface area contributed by atoms with E-state index in [0.29, 0.717) is 12.1 Å². The quantitative estimate of drug-likeness (QED) is 0.628. The minimum absolute atomic E-state index is 0.222. The highest BCUT2D eigenvalue weighted by Gasteiger charge is 2.12. The maximum atomic E-state index is 11.4. The highest BCUT2D eigenvalue weighted by atomic mass is 16.1. The lowest BCUT2D eigenvalue weighted by molar-refractivity contribution is 0.0996. The molecule has 23 heavy (non-hydrogen) atoms. The summed E-state index contributed by atoms with van der Waals surface area (Å²) in [5, 5.41) is 6.19. The van der Waals surface area contributed by atoms with Gasteiger partial charge in [-0.1, -0.05) is 30.3 Å². The number of aromatic nitrogens is 4. The van der Waals surface area contributed by atoms with Gasteiger partial charge in [0.2, 0.25) is 0 Å². The zero-order chi connectivity index (χ0) is 15.8. The second-order valence-corrected chi connectivity index (χ2v) is 5.30. The lowest BCUT2D eigenvalue weighted by atomic mass is 10.1. The first kappa shape index (κ1) is 13.4. The molecule has 112 valence electrons. The first-order valence-electron chi connectivity index (χ1n) is 7.16. The molecule has 0 radical (unpaired) electrons. The minimum Gasteiger partial charge on any atom is -0.364 e. The monoisotopic (exact) mass is 303 g/mol. The van der Waals surface area contributed by atoms with Gasteiger partial charge < -0.3 is 5.73 Å². The van der Waals surface area contributed by atoms with Crippen molar-refractivity contribution >= 4 is 27.7 Å². The summed E-state index contributed by atoms with van der Waals surface area (Å²) < 4.78 is 1.90. The average Bonchev–Trinajstić information content (AvgIpc) is 2.98. The van der Waals surface area contributed by atoms with Crippen LogP contribution < -0.4 is 5.73 Å². The molecule has 0 atom stereocenters. The van der Waals surface area contributed by atoms with Crippen molar-refractivity contribution in [3.63, 3.8) is 0 Å². The molecule has 0 bridgehead atoms. The zero-order valence-electron chi connectivity index (χ0n) is 12.2. The van der Waals surface area contributed by atoms with Gasteiger partial charge >= 0.3 is 0 Å². The van der Waals surface area contributed by atoms with Crippen LogP contribution in [0, 0.1) is 0 Å². The summed E-state index contributed by atoms with van der Waals surface area (Å²) in [6, 6.07) is 11.7. The number of fused-ring (bicyclic) bond motifs is 3. The maximum Gasteiger partial charge on any atom is 0.267 e. The van der Waals surface area contributed by atoms with Crippen LogP contribution in [-0.4, -0.2) is 25.7 Å². The van der Waals surface area contributed by atoms with Crippen LogP contribution in [0.25, 0.3) is 21.8 Å². The van der Waals surface area contributed by atoms with E-state index in [1.807, 2.05) is 35.0 Å². The Bertz CT molecular complexity index is 1020. The molecule has 0 aliphatic rings. The standard InChI is InChI=1S/C17H13N5O/c18-17(23)14-6-13-15(9-20-14)19-7-12-8-21-22(16(12)13)10-11-4-2-1-3-5-11/h1-9H,10H2,(H2,18,23). The van der Waals surface area contributed by atoms with Crippen molar-refractivity contribution in [3.8, 4) is 0 Å². The number of hydrogen-bond acceptors (Lipinski definition) is 4. The first-order valence-corrected chi connectivity index (χ1v) is 7.16. The molecule has 0 saturated carbocycles. The van der Waals surface area contributed by atoms with Gasteiger partial charge in [0.15, 0.2) is 0 Å². The Morgan fingerprint density at radius 1 is 1.09 bits per heavy atom. The van der Waals surface area contributed by atoms with Crippen molar-refractivity contribution in [3.05, 3.63) is 66.2 Å². The van der Waals surface area contributed by atoms with Crippen LogP contribution in [-0.2, 0) is 6.54 Å². The van der Waals surface area contributed by atoms with Crippen molar-refractivity contribution in [2.45, 2.75) is 6.54 Å². The minimum atomic E-state index is -0.557. The summed E-state index contributed by atoms with van der Waals surface area (Å²) in [5.74, 6) is -0.557. The van der Waals surface area contributed by atoms with Crippen molar-refractivity contribution < 1.29 is 4.79 Å². The van der Waals surface area contributed by atoms with Gasteiger partial charge in [-0.3, -0.25) is 14.5 Å². The molecule has 0 aliphatic heterocycles. The molecule has 0 unspecified atom stereocenters. The number of benzene rings is 1. The number of primary amides is 1. The fourth-order valence-corrected chi connectivity index (χ4v) is 2.68. The van der Waals surface area contributed by atoms with E-state index in [2.05, 4.69) is 15.1 Å². The van der Waals surface area contributed by atoms with Crippen LogP contribution in [0.1, 0.15) is 16.1 Å². The van der Waals surface area contributed by atoms with E-state index in [9.17, 15) is 4.79 Å². The van der Waals surface area contributed by atoms with E-state index in [4.69, 9.17) is 5.73 Å². The average molecular weight is 303 g/mol. The molecular formula is C17H13N5O. The summed E-state index contributed by atoms with van der Waals surface area (Å²) in [7, 11) is 0. The van der Waals surface area contributed by atoms with Gasteiger partial charge in [0.25, 0.3) is 5.91 Å². The smallest absolute Gasteiger partial charge is 0.267 e. The van der Waals surface area contributed by atoms with Crippen LogP contribution in [0.5, 0.6) is 0 Å². The Hall–Kier alpha value is -3.28. The second-order valence-electron chi connectivity index (χ2n) is 5.30. The predicted octanol–water partition coefficient (Wildman–Crippen LogP) is 2.13. The Morgan fingerprint density at radius 3 is 2.70 bits per heavy atom. The third-order valence-corrected chi connectivity index (χ3v) is 3.78. The van der Waals surface area contributed by atoms with E-state index >= 15 is 0 Å². The molecule has 2 N–H and O–H groups in total. The molecular weight excluding hydrogens is 290 g/mol. The Morgan fingerprint density at radius 2 is 1.91 bits per heavy atom. The van der Waals surface area contributed by atoms with Crippen LogP contribution in [0.15, 0.2) is 55.0 Å². The second kappa shape index (κ2) is 5.17. The Labute approximate surface area is 131 Å². The highest BCUT2D eigenvalue weighted by molar-refractivity contribution is 6.05. The van der Waals surface area contributed by atoms with Gasteiger partial charge in [0.1, 0.15) is 5.69 Å². The molecule has 0 saturated heterocycles. The molecule has 6 nitrogen and oxygen atoms in total. The molecule has 4 aromatic rings. The van der Waals surface area contributed by atoms with Crippen molar-refractivity contribution in [2.75, 3.05) is 0 Å². The number of nitrogens with two attached hydrogens (primary N) is 1. The summed E-state index contributed by atoms with van der Waals surface area (Å²) in [5.41, 5.74) is 8.33. The molecule has 3 heterocycles.